The Morgan fingerprint density at radius 2 is 1.76 bits per heavy atom. The van der Waals surface area contributed by atoms with Crippen molar-refractivity contribution in [2.75, 3.05) is 25.9 Å². The van der Waals surface area contributed by atoms with Crippen molar-refractivity contribution >= 4 is 41.7 Å². The van der Waals surface area contributed by atoms with E-state index in [9.17, 15) is 5.11 Å². The van der Waals surface area contributed by atoms with E-state index in [2.05, 4.69) is 22.5 Å². The fourth-order valence-electron chi connectivity index (χ4n) is 3.10. The number of guanidine groups is 1. The van der Waals surface area contributed by atoms with E-state index in [1.807, 2.05) is 11.8 Å². The second kappa shape index (κ2) is 8.82. The molecular weight excluding hydrogens is 397 g/mol. The van der Waals surface area contributed by atoms with Crippen LogP contribution in [0.1, 0.15) is 51.9 Å². The highest BCUT2D eigenvalue weighted by Crippen LogP contribution is 2.36. The molecule has 1 saturated carbocycles. The van der Waals surface area contributed by atoms with Crippen LogP contribution >= 0.6 is 35.7 Å². The maximum atomic E-state index is 10.5. The Hall–Kier alpha value is 0.310. The molecule has 2 fully saturated rings. The summed E-state index contributed by atoms with van der Waals surface area (Å²) in [5.41, 5.74) is -0.540. The summed E-state index contributed by atoms with van der Waals surface area (Å²) in [6.45, 7) is 3.87. The Morgan fingerprint density at radius 3 is 2.33 bits per heavy atom. The molecule has 0 amide bonds. The molecular formula is C15H30IN3OS. The molecule has 4 nitrogen and oxygen atoms in total. The van der Waals surface area contributed by atoms with Crippen molar-refractivity contribution < 1.29 is 5.11 Å². The van der Waals surface area contributed by atoms with Crippen LogP contribution in [0.5, 0.6) is 0 Å². The van der Waals surface area contributed by atoms with Gasteiger partial charge in [-0.25, -0.2) is 0 Å². The summed E-state index contributed by atoms with van der Waals surface area (Å²) in [6.07, 6.45) is 7.93. The maximum absolute atomic E-state index is 10.5. The smallest absolute Gasteiger partial charge is 0.191 e. The fraction of sp³-hybridized carbons (Fsp3) is 0.933. The van der Waals surface area contributed by atoms with Crippen molar-refractivity contribution in [1.29, 1.82) is 0 Å². The minimum Gasteiger partial charge on any atom is -0.388 e. The van der Waals surface area contributed by atoms with Crippen molar-refractivity contribution in [3.63, 3.8) is 0 Å². The average Bonchev–Trinajstić information content (AvgIpc) is 2.87. The van der Waals surface area contributed by atoms with E-state index in [4.69, 9.17) is 0 Å². The number of nitrogens with one attached hydrogen (secondary N) is 2. The van der Waals surface area contributed by atoms with Crippen molar-refractivity contribution in [1.82, 2.24) is 10.6 Å². The van der Waals surface area contributed by atoms with Crippen molar-refractivity contribution in [2.24, 2.45) is 4.99 Å². The van der Waals surface area contributed by atoms with Crippen LogP contribution in [-0.4, -0.2) is 47.3 Å². The third-order valence-corrected chi connectivity index (χ3v) is 6.06. The Bertz CT molecular complexity index is 340. The first-order valence-corrected chi connectivity index (χ1v) is 8.85. The minimum absolute atomic E-state index is 0. The third kappa shape index (κ3) is 6.14. The van der Waals surface area contributed by atoms with Crippen LogP contribution in [-0.2, 0) is 0 Å². The lowest BCUT2D eigenvalue weighted by atomic mass is 9.85. The standard InChI is InChI=1S/C15H29N3OS.HI/c1-14(7-6-10-20-14)11-17-13(16-2)18-12-15(19)8-4-3-5-9-15;/h19H,3-12H2,1-2H3,(H2,16,17,18);1H. The van der Waals surface area contributed by atoms with E-state index in [1.165, 1.54) is 25.0 Å². The summed E-state index contributed by atoms with van der Waals surface area (Å²) in [5, 5.41) is 17.2. The van der Waals surface area contributed by atoms with E-state index < -0.39 is 5.60 Å². The molecule has 21 heavy (non-hydrogen) atoms. The summed E-state index contributed by atoms with van der Waals surface area (Å²) < 4.78 is 0.333. The van der Waals surface area contributed by atoms with Gasteiger partial charge in [0.05, 0.1) is 5.60 Å². The molecule has 1 atom stereocenters. The predicted molar refractivity (Wildman–Crippen MR) is 103 cm³/mol. The van der Waals surface area contributed by atoms with Gasteiger partial charge in [0.2, 0.25) is 0 Å². The number of aliphatic hydroxyl groups is 1. The van der Waals surface area contributed by atoms with Crippen LogP contribution in [0.4, 0.5) is 0 Å². The molecule has 1 aliphatic heterocycles. The maximum Gasteiger partial charge on any atom is 0.191 e. The average molecular weight is 427 g/mol. The van der Waals surface area contributed by atoms with Crippen LogP contribution < -0.4 is 10.6 Å². The molecule has 1 aliphatic carbocycles. The molecule has 3 N–H and O–H groups in total. The normalized spacial score (nSPS) is 28.8. The second-order valence-electron chi connectivity index (χ2n) is 6.47. The molecule has 0 bridgehead atoms. The minimum atomic E-state index is -0.540. The quantitative estimate of drug-likeness (QED) is 0.367. The van der Waals surface area contributed by atoms with Gasteiger partial charge in [-0.1, -0.05) is 19.3 Å². The summed E-state index contributed by atoms with van der Waals surface area (Å²) >= 11 is 2.05. The summed E-state index contributed by atoms with van der Waals surface area (Å²) in [7, 11) is 1.80. The lowest BCUT2D eigenvalue weighted by Gasteiger charge is -2.33. The molecule has 0 radical (unpaired) electrons. The first-order chi connectivity index (χ1) is 9.55. The lowest BCUT2D eigenvalue weighted by Crippen LogP contribution is -2.50. The van der Waals surface area contributed by atoms with E-state index in [0.717, 1.165) is 38.2 Å². The summed E-state index contributed by atoms with van der Waals surface area (Å²) in [5.74, 6) is 2.09. The van der Waals surface area contributed by atoms with Gasteiger partial charge in [0, 0.05) is 24.9 Å². The molecule has 1 saturated heterocycles. The monoisotopic (exact) mass is 427 g/mol. The summed E-state index contributed by atoms with van der Waals surface area (Å²) in [6, 6.07) is 0. The Morgan fingerprint density at radius 1 is 1.10 bits per heavy atom. The highest BCUT2D eigenvalue weighted by molar-refractivity contribution is 14.0. The van der Waals surface area contributed by atoms with Crippen LogP contribution in [0.15, 0.2) is 4.99 Å². The highest BCUT2D eigenvalue weighted by Gasteiger charge is 2.31. The number of halogens is 1. The molecule has 0 aromatic heterocycles. The number of aliphatic imine (C=N–C) groups is 1. The van der Waals surface area contributed by atoms with Gasteiger partial charge in [-0.15, -0.1) is 24.0 Å². The SMILES string of the molecule is CN=C(NCC1(O)CCCCC1)NCC1(C)CCCS1.I. The zero-order valence-electron chi connectivity index (χ0n) is 13.3. The fourth-order valence-corrected chi connectivity index (χ4v) is 4.35. The van der Waals surface area contributed by atoms with Crippen LogP contribution in [0.2, 0.25) is 0 Å². The second-order valence-corrected chi connectivity index (χ2v) is 8.15. The predicted octanol–water partition coefficient (Wildman–Crippen LogP) is 2.75. The first kappa shape index (κ1) is 19.4. The molecule has 1 heterocycles. The topological polar surface area (TPSA) is 56.7 Å². The van der Waals surface area contributed by atoms with Gasteiger partial charge in [-0.05, 0) is 38.4 Å². The van der Waals surface area contributed by atoms with Crippen LogP contribution in [0.3, 0.4) is 0 Å². The van der Waals surface area contributed by atoms with Crippen LogP contribution in [0.25, 0.3) is 0 Å². The molecule has 0 aromatic carbocycles. The molecule has 0 aromatic rings. The Kier molecular flexibility index (Phi) is 8.13. The number of hydrogen-bond acceptors (Lipinski definition) is 3. The first-order valence-electron chi connectivity index (χ1n) is 7.86. The summed E-state index contributed by atoms with van der Waals surface area (Å²) in [4.78, 5) is 4.27. The molecule has 1 unspecified atom stereocenters. The molecule has 2 rings (SSSR count). The van der Waals surface area contributed by atoms with Gasteiger partial charge in [0.15, 0.2) is 5.96 Å². The molecule has 0 spiro atoms. The zero-order chi connectivity index (χ0) is 14.5. The van der Waals surface area contributed by atoms with E-state index in [0.29, 0.717) is 11.3 Å². The Labute approximate surface area is 150 Å². The van der Waals surface area contributed by atoms with Crippen LogP contribution in [0, 0.1) is 0 Å². The van der Waals surface area contributed by atoms with Gasteiger partial charge < -0.3 is 15.7 Å². The van der Waals surface area contributed by atoms with Crippen molar-refractivity contribution in [3.8, 4) is 0 Å². The number of thioether (sulfide) groups is 1. The van der Waals surface area contributed by atoms with E-state index in [1.54, 1.807) is 7.05 Å². The number of hydrogen-bond donors (Lipinski definition) is 3. The lowest BCUT2D eigenvalue weighted by molar-refractivity contribution is 0.00859. The van der Waals surface area contributed by atoms with Gasteiger partial charge in [0.1, 0.15) is 0 Å². The van der Waals surface area contributed by atoms with Gasteiger partial charge in [-0.2, -0.15) is 11.8 Å². The van der Waals surface area contributed by atoms with E-state index >= 15 is 0 Å². The number of rotatable bonds is 4. The number of nitrogens with zero attached hydrogens (tertiary/aromatic N) is 1. The zero-order valence-corrected chi connectivity index (χ0v) is 16.4. The van der Waals surface area contributed by atoms with Gasteiger partial charge in [0.25, 0.3) is 0 Å². The van der Waals surface area contributed by atoms with Gasteiger partial charge in [-0.3, -0.25) is 4.99 Å². The third-order valence-electron chi connectivity index (χ3n) is 4.52. The van der Waals surface area contributed by atoms with Crippen molar-refractivity contribution in [2.45, 2.75) is 62.2 Å². The van der Waals surface area contributed by atoms with Crippen molar-refractivity contribution in [3.05, 3.63) is 0 Å². The largest absolute Gasteiger partial charge is 0.388 e. The molecule has 124 valence electrons. The molecule has 6 heteroatoms. The highest BCUT2D eigenvalue weighted by atomic mass is 127. The van der Waals surface area contributed by atoms with Gasteiger partial charge >= 0.3 is 0 Å². The Balaban J connectivity index is 0.00000220. The molecule has 2 aliphatic rings. The van der Waals surface area contributed by atoms with E-state index in [-0.39, 0.29) is 24.0 Å².